The van der Waals surface area contributed by atoms with Gasteiger partial charge in [-0.15, -0.1) is 0 Å². The number of nitrogens with zero attached hydrogens (tertiary/aromatic N) is 3. The fourth-order valence-electron chi connectivity index (χ4n) is 3.96. The second-order valence-electron chi connectivity index (χ2n) is 8.67. The Morgan fingerprint density at radius 3 is 1.89 bits per heavy atom. The van der Waals surface area contributed by atoms with E-state index in [0.717, 1.165) is 34.0 Å². The third-order valence-corrected chi connectivity index (χ3v) is 7.67. The molecule has 44 heavy (non-hydrogen) atoms. The summed E-state index contributed by atoms with van der Waals surface area (Å²) in [5, 5.41) is 8.24. The normalized spacial score (nSPS) is 14.6. The largest absolute Gasteiger partial charge is 1.00 e. The van der Waals surface area contributed by atoms with Crippen molar-refractivity contribution in [1.82, 2.24) is 9.78 Å². The van der Waals surface area contributed by atoms with E-state index in [1.807, 2.05) is 6.92 Å². The number of aromatic amines is 1. The van der Waals surface area contributed by atoms with E-state index >= 15 is 0 Å². The predicted molar refractivity (Wildman–Crippen MR) is 151 cm³/mol. The maximum Gasteiger partial charge on any atom is 1.00 e. The van der Waals surface area contributed by atoms with Crippen LogP contribution in [0.15, 0.2) is 98.1 Å². The van der Waals surface area contributed by atoms with Gasteiger partial charge < -0.3 is 13.8 Å². The van der Waals surface area contributed by atoms with Crippen LogP contribution in [-0.2, 0) is 25.0 Å². The van der Waals surface area contributed by atoms with Crippen LogP contribution in [0.2, 0.25) is 0 Å². The maximum absolute atomic E-state index is 13.1. The van der Waals surface area contributed by atoms with Gasteiger partial charge in [0.25, 0.3) is 11.5 Å². The van der Waals surface area contributed by atoms with Crippen molar-refractivity contribution in [3.8, 4) is 11.6 Å². The molecule has 4 rings (SSSR count). The number of anilines is 1. The molecule has 0 spiro atoms. The summed E-state index contributed by atoms with van der Waals surface area (Å²) >= 11 is 0. The fraction of sp³-hybridized carbons (Fsp3) is 0.148. The fourth-order valence-corrected chi connectivity index (χ4v) is 4.90. The number of hydrogen-bond donors (Lipinski definition) is 1. The Morgan fingerprint density at radius 1 is 0.841 bits per heavy atom. The molecule has 1 aliphatic heterocycles. The molecule has 17 heteroatoms. The van der Waals surface area contributed by atoms with E-state index in [-0.39, 0.29) is 127 Å². The number of hydrazone groups is 1. The molecule has 0 saturated carbocycles. The molecular weight excluding hydrogens is 667 g/mol. The first-order valence-corrected chi connectivity index (χ1v) is 15.2. The van der Waals surface area contributed by atoms with Crippen LogP contribution < -0.4 is 118 Å². The van der Waals surface area contributed by atoms with E-state index < -0.39 is 41.5 Å². The van der Waals surface area contributed by atoms with Crippen molar-refractivity contribution < 1.29 is 138 Å². The Kier molecular flexibility index (Phi) is 14.6. The Morgan fingerprint density at radius 2 is 1.39 bits per heavy atom. The summed E-state index contributed by atoms with van der Waals surface area (Å²) in [6.07, 6.45) is 8.21. The number of H-pyrrole nitrogens is 1. The number of carbonyl (C=O) groups excluding carboxylic acids is 1. The standard InChI is InChI=1S/C27H26N4O9S2.2K/c1-3-24-22(26(32)30(28-24)18-10-14-20(15-11-18)41(34,35)36)8-6-5-7-9-23-25(40-4-2)29-31(27(23)33)19-12-16-21(17-13-19)42(37,38)39;;/h5-17,29H,3-4H2,1-2H3,(H,34,35,36)(H,37,38,39);;/q;2*+1/p-2. The number of ether oxygens (including phenoxy) is 1. The van der Waals surface area contributed by atoms with Crippen molar-refractivity contribution >= 4 is 43.6 Å². The quantitative estimate of drug-likeness (QED) is 0.0981. The van der Waals surface area contributed by atoms with Gasteiger partial charge in [0.1, 0.15) is 25.8 Å². The van der Waals surface area contributed by atoms with E-state index in [9.17, 15) is 35.5 Å². The summed E-state index contributed by atoms with van der Waals surface area (Å²) in [7, 11) is -9.26. The van der Waals surface area contributed by atoms with Crippen LogP contribution in [0.3, 0.4) is 0 Å². The smallest absolute Gasteiger partial charge is 0.744 e. The van der Waals surface area contributed by atoms with Gasteiger partial charge in [0.15, 0.2) is 0 Å². The summed E-state index contributed by atoms with van der Waals surface area (Å²) in [6, 6.07) is 9.68. The van der Waals surface area contributed by atoms with E-state index in [0.29, 0.717) is 23.4 Å². The minimum absolute atomic E-state index is 0. The molecule has 13 nitrogen and oxygen atoms in total. The molecule has 0 aliphatic carbocycles. The maximum atomic E-state index is 13.1. The topological polar surface area (TPSA) is 194 Å². The van der Waals surface area contributed by atoms with Crippen LogP contribution in [0.5, 0.6) is 5.88 Å². The molecule has 3 aromatic rings. The van der Waals surface area contributed by atoms with Crippen LogP contribution in [0.1, 0.15) is 25.8 Å². The summed E-state index contributed by atoms with van der Waals surface area (Å²) in [4.78, 5) is 25.2. The zero-order valence-corrected chi connectivity index (χ0v) is 32.1. The summed E-state index contributed by atoms with van der Waals surface area (Å²) in [5.74, 6) is -0.273. The van der Waals surface area contributed by atoms with Gasteiger partial charge in [0.05, 0.1) is 39.1 Å². The number of allylic oxidation sites excluding steroid dienone is 4. The Hall–Kier alpha value is -1.30. The average Bonchev–Trinajstić information content (AvgIpc) is 3.43. The molecule has 0 saturated heterocycles. The van der Waals surface area contributed by atoms with Crippen molar-refractivity contribution in [2.45, 2.75) is 30.1 Å². The number of benzene rings is 2. The summed E-state index contributed by atoms with van der Waals surface area (Å²) in [6.45, 7) is 3.81. The SMILES string of the molecule is CCOc1[nH]n(-c2ccc(S(=O)(=O)[O-])cc2)c(=O)c1C=CC=CC=C1C(=O)N(c2ccc(S(=O)(=O)[O-])cc2)N=C1CC.[K+].[K+]. The van der Waals surface area contributed by atoms with E-state index in [4.69, 9.17) is 4.74 Å². The third kappa shape index (κ3) is 9.16. The molecule has 1 aliphatic rings. The van der Waals surface area contributed by atoms with Gasteiger partial charge in [-0.1, -0.05) is 25.2 Å². The monoisotopic (exact) mass is 690 g/mol. The van der Waals surface area contributed by atoms with Crippen molar-refractivity contribution in [3.05, 3.63) is 94.3 Å². The predicted octanol–water partition coefficient (Wildman–Crippen LogP) is -3.31. The number of hydrogen-bond acceptors (Lipinski definition) is 10. The zero-order chi connectivity index (χ0) is 30.7. The minimum Gasteiger partial charge on any atom is -0.744 e. The first-order chi connectivity index (χ1) is 19.8. The van der Waals surface area contributed by atoms with Gasteiger partial charge >= 0.3 is 103 Å². The summed E-state index contributed by atoms with van der Waals surface area (Å²) in [5.41, 5.74) is 1.08. The first-order valence-electron chi connectivity index (χ1n) is 12.4. The molecule has 0 atom stereocenters. The molecule has 2 heterocycles. The number of rotatable bonds is 10. The van der Waals surface area contributed by atoms with Gasteiger partial charge in [0.2, 0.25) is 5.88 Å². The molecular formula is C27H24K2N4O9S2. The molecule has 0 radical (unpaired) electrons. The van der Waals surface area contributed by atoms with E-state index in [1.165, 1.54) is 30.3 Å². The molecule has 0 bridgehead atoms. The molecule has 220 valence electrons. The van der Waals surface area contributed by atoms with Crippen molar-refractivity contribution in [2.75, 3.05) is 11.6 Å². The molecule has 1 aromatic heterocycles. The van der Waals surface area contributed by atoms with Crippen LogP contribution in [0.25, 0.3) is 11.8 Å². The zero-order valence-electron chi connectivity index (χ0n) is 24.3. The summed E-state index contributed by atoms with van der Waals surface area (Å²) < 4.78 is 73.8. The van der Waals surface area contributed by atoms with Crippen LogP contribution >= 0.6 is 0 Å². The second kappa shape index (κ2) is 16.5. The molecule has 1 amide bonds. The van der Waals surface area contributed by atoms with Gasteiger partial charge in [-0.2, -0.15) is 10.1 Å². The van der Waals surface area contributed by atoms with Crippen molar-refractivity contribution in [3.63, 3.8) is 0 Å². The number of aromatic nitrogens is 2. The molecule has 2 aromatic carbocycles. The first kappa shape index (κ1) is 38.9. The molecule has 1 N–H and O–H groups in total. The van der Waals surface area contributed by atoms with Crippen LogP contribution in [0, 0.1) is 0 Å². The van der Waals surface area contributed by atoms with Crippen LogP contribution in [0.4, 0.5) is 5.69 Å². The Bertz CT molecular complexity index is 1910. The Labute approximate surface area is 339 Å². The van der Waals surface area contributed by atoms with Gasteiger partial charge in [-0.3, -0.25) is 14.7 Å². The van der Waals surface area contributed by atoms with Gasteiger partial charge in [-0.25, -0.2) is 21.5 Å². The number of nitrogens with one attached hydrogen (secondary N) is 1. The number of carbonyl (C=O) groups is 1. The van der Waals surface area contributed by atoms with Gasteiger partial charge in [0, 0.05) is 0 Å². The van der Waals surface area contributed by atoms with Crippen molar-refractivity contribution in [2.24, 2.45) is 5.10 Å². The Balaban J connectivity index is 0.00000337. The minimum atomic E-state index is -4.64. The number of amides is 1. The second-order valence-corrected chi connectivity index (χ2v) is 11.4. The van der Waals surface area contributed by atoms with Crippen molar-refractivity contribution in [1.29, 1.82) is 0 Å². The van der Waals surface area contributed by atoms with E-state index in [1.54, 1.807) is 31.2 Å². The van der Waals surface area contributed by atoms with E-state index in [2.05, 4.69) is 10.2 Å². The molecule has 0 unspecified atom stereocenters. The molecule has 0 fully saturated rings. The third-order valence-electron chi connectivity index (χ3n) is 5.97. The van der Waals surface area contributed by atoms with Gasteiger partial charge in [-0.05, 0) is 74.0 Å². The average molecular weight is 691 g/mol. The van der Waals surface area contributed by atoms with Crippen LogP contribution in [-0.4, -0.2) is 53.9 Å².